The van der Waals surface area contributed by atoms with Crippen molar-refractivity contribution in [3.05, 3.63) is 58.9 Å². The number of rotatable bonds is 4. The van der Waals surface area contributed by atoms with Crippen LogP contribution in [0.4, 0.5) is 26.3 Å². The van der Waals surface area contributed by atoms with Crippen LogP contribution in [0.25, 0.3) is 11.0 Å². The second-order valence-corrected chi connectivity index (χ2v) is 12.9. The minimum Gasteiger partial charge on any atom is -0.376 e. The van der Waals surface area contributed by atoms with Gasteiger partial charge in [0, 0.05) is 24.1 Å². The minimum atomic E-state index is -5.90. The molecule has 40 heavy (non-hydrogen) atoms. The third-order valence-corrected chi connectivity index (χ3v) is 9.46. The number of carbonyl (C=O) groups excluding carboxylic acids is 1. The first-order chi connectivity index (χ1) is 18.4. The molecule has 0 spiro atoms. The molecule has 1 saturated heterocycles. The maximum atomic E-state index is 13.5. The number of halogens is 6. The van der Waals surface area contributed by atoms with Crippen molar-refractivity contribution in [2.45, 2.75) is 49.2 Å². The molecule has 1 aliphatic heterocycles. The van der Waals surface area contributed by atoms with Gasteiger partial charge in [-0.1, -0.05) is 6.07 Å². The molecule has 2 heterocycles. The number of aryl methyl sites for hydroxylation is 1. The Morgan fingerprint density at radius 1 is 1.02 bits per heavy atom. The molecule has 0 bridgehead atoms. The molecule has 0 radical (unpaired) electrons. The molecule has 1 aromatic heterocycles. The first-order valence-electron chi connectivity index (χ1n) is 11.7. The van der Waals surface area contributed by atoms with E-state index in [-0.39, 0.29) is 33.1 Å². The molecule has 2 unspecified atom stereocenters. The van der Waals surface area contributed by atoms with E-state index in [9.17, 15) is 48.0 Å². The summed E-state index contributed by atoms with van der Waals surface area (Å²) >= 11 is 0. The van der Waals surface area contributed by atoms with E-state index in [0.29, 0.717) is 36.7 Å². The van der Waals surface area contributed by atoms with Gasteiger partial charge in [-0.15, -0.1) is 0 Å². The Morgan fingerprint density at radius 2 is 1.73 bits per heavy atom. The van der Waals surface area contributed by atoms with Crippen molar-refractivity contribution < 1.29 is 52.2 Å². The number of piperidine rings is 1. The summed E-state index contributed by atoms with van der Waals surface area (Å²) in [6, 6.07) is 5.81. The van der Waals surface area contributed by atoms with E-state index in [1.54, 1.807) is 0 Å². The zero-order valence-corrected chi connectivity index (χ0v) is 22.0. The van der Waals surface area contributed by atoms with Gasteiger partial charge >= 0.3 is 31.2 Å². The molecule has 1 fully saturated rings. The van der Waals surface area contributed by atoms with Gasteiger partial charge in [-0.3, -0.25) is 4.79 Å². The Labute approximate surface area is 223 Å². The number of fused-ring (bicyclic) bond motifs is 4. The van der Waals surface area contributed by atoms with Crippen molar-refractivity contribution in [2.24, 2.45) is 0 Å². The van der Waals surface area contributed by atoms with Crippen molar-refractivity contribution in [1.29, 1.82) is 0 Å². The minimum absolute atomic E-state index is 0.0388. The van der Waals surface area contributed by atoms with Crippen LogP contribution in [0.3, 0.4) is 0 Å². The number of carbonyl (C=O) groups is 1. The maximum Gasteiger partial charge on any atom is 0.534 e. The number of imidazole rings is 1. The molecule has 5 rings (SSSR count). The first-order valence-corrected chi connectivity index (χ1v) is 14.5. The molecule has 216 valence electrons. The Bertz CT molecular complexity index is 1750. The topological polar surface area (TPSA) is 116 Å². The summed E-state index contributed by atoms with van der Waals surface area (Å²) in [6.45, 7) is 1.65. The van der Waals surface area contributed by atoms with Gasteiger partial charge in [0.2, 0.25) is 0 Å². The number of alkyl halides is 6. The number of nitrogens with zero attached hydrogens (tertiary/aromatic N) is 3. The van der Waals surface area contributed by atoms with Crippen molar-refractivity contribution in [3.63, 3.8) is 0 Å². The second-order valence-electron chi connectivity index (χ2n) is 9.51. The van der Waals surface area contributed by atoms with E-state index in [1.165, 1.54) is 36.1 Å². The molecule has 0 N–H and O–H groups in total. The van der Waals surface area contributed by atoms with E-state index < -0.39 is 54.4 Å². The van der Waals surface area contributed by atoms with Crippen molar-refractivity contribution in [2.75, 3.05) is 6.54 Å². The van der Waals surface area contributed by atoms with Crippen LogP contribution in [0.2, 0.25) is 0 Å². The molecule has 1 aliphatic carbocycles. The third-order valence-electron chi connectivity index (χ3n) is 7.10. The smallest absolute Gasteiger partial charge is 0.376 e. The Balaban J connectivity index is 1.47. The van der Waals surface area contributed by atoms with Crippen molar-refractivity contribution >= 4 is 37.1 Å². The maximum absolute atomic E-state index is 13.5. The van der Waals surface area contributed by atoms with E-state index in [2.05, 4.69) is 9.17 Å². The second kappa shape index (κ2) is 9.09. The predicted molar refractivity (Wildman–Crippen MR) is 127 cm³/mol. The van der Waals surface area contributed by atoms with Gasteiger partial charge in [0.05, 0.1) is 11.0 Å². The van der Waals surface area contributed by atoms with E-state index in [1.807, 2.05) is 0 Å². The molecular weight excluding hydrogens is 592 g/mol. The summed E-state index contributed by atoms with van der Waals surface area (Å²) in [7, 11) is -11.7. The summed E-state index contributed by atoms with van der Waals surface area (Å²) in [5.41, 5.74) is -10.5. The third kappa shape index (κ3) is 4.48. The molecular formula is C23H19F6N3O6S2. The molecule has 0 saturated carbocycles. The van der Waals surface area contributed by atoms with Crippen LogP contribution < -0.4 is 4.18 Å². The van der Waals surface area contributed by atoms with Gasteiger partial charge in [-0.2, -0.15) is 43.2 Å². The standard InChI is InChI=1S/C23H19F6N3O6S2/c1-12-7-14-9-18-15(16(14)10-20(12)38-40(36,37)23(27,28)29)3-2-6-31(18)21(33)13-4-5-17-19(8-13)32(11-30-17)39(34,35)22(24,25)26/h4-5,7-8,10-11,15,18H,2-3,6,9H2,1H3. The average Bonchev–Trinajstić information content (AvgIpc) is 3.43. The number of hydrogen-bond acceptors (Lipinski definition) is 7. The molecule has 17 heteroatoms. The van der Waals surface area contributed by atoms with Gasteiger partial charge in [0.25, 0.3) is 5.91 Å². The molecule has 9 nitrogen and oxygen atoms in total. The van der Waals surface area contributed by atoms with Gasteiger partial charge in [0.1, 0.15) is 12.1 Å². The molecule has 3 aromatic rings. The van der Waals surface area contributed by atoms with E-state index in [4.69, 9.17) is 0 Å². The lowest BCUT2D eigenvalue weighted by Crippen LogP contribution is -2.46. The number of benzene rings is 2. The number of aromatic nitrogens is 2. The SMILES string of the molecule is Cc1cc2c(cc1OS(=O)(=O)C(F)(F)F)C1CCCN(C(=O)c3ccc4ncn(S(=O)(=O)C(F)(F)F)c4c3)C1C2. The fourth-order valence-corrected chi connectivity index (χ4v) is 6.59. The zero-order valence-electron chi connectivity index (χ0n) is 20.3. The first kappa shape index (κ1) is 28.2. The van der Waals surface area contributed by atoms with Crippen LogP contribution >= 0.6 is 0 Å². The van der Waals surface area contributed by atoms with Gasteiger partial charge in [-0.25, -0.2) is 8.96 Å². The van der Waals surface area contributed by atoms with Crippen LogP contribution in [0, 0.1) is 6.92 Å². The zero-order chi connectivity index (χ0) is 29.4. The highest BCUT2D eigenvalue weighted by atomic mass is 32.2. The predicted octanol–water partition coefficient (Wildman–Crippen LogP) is 4.22. The van der Waals surface area contributed by atoms with Crippen LogP contribution in [-0.4, -0.2) is 60.2 Å². The van der Waals surface area contributed by atoms with Crippen LogP contribution in [0.15, 0.2) is 36.7 Å². The van der Waals surface area contributed by atoms with Gasteiger partial charge < -0.3 is 9.08 Å². The van der Waals surface area contributed by atoms with E-state index in [0.717, 1.165) is 6.07 Å². The summed E-state index contributed by atoms with van der Waals surface area (Å²) < 4.78 is 129. The Morgan fingerprint density at radius 3 is 2.38 bits per heavy atom. The fraction of sp³-hybridized carbons (Fsp3) is 0.391. The monoisotopic (exact) mass is 611 g/mol. The average molecular weight is 612 g/mol. The summed E-state index contributed by atoms with van der Waals surface area (Å²) in [5, 5.41) is 0. The quantitative estimate of drug-likeness (QED) is 0.247. The molecule has 1 amide bonds. The summed E-state index contributed by atoms with van der Waals surface area (Å²) in [6.07, 6.45) is 1.81. The van der Waals surface area contributed by atoms with Gasteiger partial charge in [0.15, 0.2) is 0 Å². The lowest BCUT2D eigenvalue weighted by molar-refractivity contribution is -0.0500. The van der Waals surface area contributed by atoms with Crippen molar-refractivity contribution in [1.82, 2.24) is 13.9 Å². The highest BCUT2D eigenvalue weighted by molar-refractivity contribution is 7.91. The Hall–Kier alpha value is -3.34. The number of likely N-dealkylation sites (tertiary alicyclic amines) is 1. The lowest BCUT2D eigenvalue weighted by atomic mass is 9.88. The molecule has 2 aliphatic rings. The highest BCUT2D eigenvalue weighted by Gasteiger charge is 2.50. The fourth-order valence-electron chi connectivity index (χ4n) is 5.28. The lowest BCUT2D eigenvalue weighted by Gasteiger charge is -2.38. The molecule has 2 atom stereocenters. The van der Waals surface area contributed by atoms with Crippen LogP contribution in [0.5, 0.6) is 5.75 Å². The van der Waals surface area contributed by atoms with Crippen LogP contribution in [-0.2, 0) is 26.6 Å². The van der Waals surface area contributed by atoms with Gasteiger partial charge in [-0.05, 0) is 67.1 Å². The summed E-state index contributed by atoms with van der Waals surface area (Å²) in [4.78, 5) is 18.7. The molecule has 2 aromatic carbocycles. The van der Waals surface area contributed by atoms with E-state index >= 15 is 0 Å². The number of amides is 1. The Kier molecular flexibility index (Phi) is 6.41. The summed E-state index contributed by atoms with van der Waals surface area (Å²) in [5.74, 6) is -1.44. The number of hydrogen-bond donors (Lipinski definition) is 0. The highest BCUT2D eigenvalue weighted by Crippen LogP contribution is 2.45. The largest absolute Gasteiger partial charge is 0.534 e. The van der Waals surface area contributed by atoms with Crippen molar-refractivity contribution in [3.8, 4) is 5.75 Å². The normalized spacial score (nSPS) is 19.9. The van der Waals surface area contributed by atoms with Crippen LogP contribution in [0.1, 0.15) is 45.8 Å².